The minimum atomic E-state index is 0.679. The molecule has 0 saturated carbocycles. The first kappa shape index (κ1) is 12.4. The van der Waals surface area contributed by atoms with Gasteiger partial charge in [-0.1, -0.05) is 50.1 Å². The Morgan fingerprint density at radius 3 is 2.44 bits per heavy atom. The van der Waals surface area contributed by atoms with Gasteiger partial charge in [-0.15, -0.1) is 0 Å². The van der Waals surface area contributed by atoms with Crippen molar-refractivity contribution in [3.63, 3.8) is 0 Å². The molecule has 0 aromatic heterocycles. The Kier molecular flexibility index (Phi) is 3.58. The van der Waals surface area contributed by atoms with Crippen LogP contribution in [0.2, 0.25) is 0 Å². The smallest absolute Gasteiger partial charge is 0.0178 e. The first-order valence-electron chi connectivity index (χ1n) is 6.25. The second kappa shape index (κ2) is 5.18. The summed E-state index contributed by atoms with van der Waals surface area (Å²) in [5.41, 5.74) is 4.49. The summed E-state index contributed by atoms with van der Waals surface area (Å²) in [6, 6.07) is 15.4. The van der Waals surface area contributed by atoms with Crippen molar-refractivity contribution in [1.29, 1.82) is 0 Å². The van der Waals surface area contributed by atoms with Crippen molar-refractivity contribution >= 4 is 31.9 Å². The van der Waals surface area contributed by atoms with Gasteiger partial charge in [-0.2, -0.15) is 0 Å². The first-order valence-corrected chi connectivity index (χ1v) is 7.84. The summed E-state index contributed by atoms with van der Waals surface area (Å²) >= 11 is 7.07. The van der Waals surface area contributed by atoms with Crippen molar-refractivity contribution in [2.75, 3.05) is 0 Å². The summed E-state index contributed by atoms with van der Waals surface area (Å²) in [5.74, 6) is 0.679. The molecule has 3 rings (SSSR count). The summed E-state index contributed by atoms with van der Waals surface area (Å²) in [7, 11) is 0. The van der Waals surface area contributed by atoms with E-state index < -0.39 is 0 Å². The van der Waals surface area contributed by atoms with Crippen molar-refractivity contribution in [3.05, 3.63) is 68.1 Å². The number of benzene rings is 2. The lowest BCUT2D eigenvalue weighted by atomic mass is 9.94. The summed E-state index contributed by atoms with van der Waals surface area (Å²) < 4.78 is 2.35. The molecule has 0 nitrogen and oxygen atoms in total. The van der Waals surface area contributed by atoms with E-state index in [1.165, 1.54) is 34.0 Å². The third kappa shape index (κ3) is 2.55. The maximum atomic E-state index is 3.58. The fourth-order valence-corrected chi connectivity index (χ4v) is 3.42. The molecular formula is C16H14Br2. The quantitative estimate of drug-likeness (QED) is 0.660. The van der Waals surface area contributed by atoms with Crippen LogP contribution in [0.1, 0.15) is 29.0 Å². The molecule has 1 aliphatic carbocycles. The van der Waals surface area contributed by atoms with E-state index in [0.717, 1.165) is 10.9 Å². The third-order valence-corrected chi connectivity index (χ3v) is 4.73. The van der Waals surface area contributed by atoms with Crippen LogP contribution in [0.15, 0.2) is 51.4 Å². The number of rotatable bonds is 2. The van der Waals surface area contributed by atoms with Gasteiger partial charge in [0.15, 0.2) is 0 Å². The maximum Gasteiger partial charge on any atom is 0.0178 e. The molecule has 0 aliphatic heterocycles. The standard InChI is InChI=1S/C16H14Br2/c17-14-6-1-11(2-7-14)9-13-4-3-12-5-8-15(18)10-16(12)13/h1-2,5-8,10,13H,3-4,9H2. The summed E-state index contributed by atoms with van der Waals surface area (Å²) in [5, 5.41) is 0. The SMILES string of the molecule is Brc1ccc(CC2CCc3ccc(Br)cc32)cc1. The van der Waals surface area contributed by atoms with E-state index in [9.17, 15) is 0 Å². The Morgan fingerprint density at radius 2 is 1.67 bits per heavy atom. The second-order valence-corrected chi connectivity index (χ2v) is 6.74. The van der Waals surface area contributed by atoms with Crippen molar-refractivity contribution in [3.8, 4) is 0 Å². The summed E-state index contributed by atoms with van der Waals surface area (Å²) in [6.07, 6.45) is 3.66. The van der Waals surface area contributed by atoms with Crippen LogP contribution < -0.4 is 0 Å². The van der Waals surface area contributed by atoms with Gasteiger partial charge in [0.2, 0.25) is 0 Å². The van der Waals surface area contributed by atoms with E-state index in [4.69, 9.17) is 0 Å². The zero-order valence-electron chi connectivity index (χ0n) is 10.00. The summed E-state index contributed by atoms with van der Waals surface area (Å²) in [6.45, 7) is 0. The van der Waals surface area contributed by atoms with Gasteiger partial charge in [-0.05, 0) is 66.1 Å². The summed E-state index contributed by atoms with van der Waals surface area (Å²) in [4.78, 5) is 0. The molecule has 92 valence electrons. The van der Waals surface area contributed by atoms with Crippen LogP contribution in [0.4, 0.5) is 0 Å². The zero-order valence-corrected chi connectivity index (χ0v) is 13.2. The fraction of sp³-hybridized carbons (Fsp3) is 0.250. The minimum Gasteiger partial charge on any atom is -0.0579 e. The molecule has 1 unspecified atom stereocenters. The molecule has 0 fully saturated rings. The minimum absolute atomic E-state index is 0.679. The van der Waals surface area contributed by atoms with Crippen LogP contribution >= 0.6 is 31.9 Å². The lowest BCUT2D eigenvalue weighted by molar-refractivity contribution is 0.674. The second-order valence-electron chi connectivity index (χ2n) is 4.91. The van der Waals surface area contributed by atoms with E-state index in [2.05, 4.69) is 74.3 Å². The van der Waals surface area contributed by atoms with Gasteiger partial charge >= 0.3 is 0 Å². The van der Waals surface area contributed by atoms with Gasteiger partial charge in [0.25, 0.3) is 0 Å². The van der Waals surface area contributed by atoms with Gasteiger partial charge in [0, 0.05) is 8.95 Å². The molecule has 0 radical (unpaired) electrons. The predicted octanol–water partition coefficient (Wildman–Crippen LogP) is 5.48. The largest absolute Gasteiger partial charge is 0.0579 e. The molecule has 2 aromatic rings. The highest BCUT2D eigenvalue weighted by Crippen LogP contribution is 2.37. The molecule has 0 amide bonds. The van der Waals surface area contributed by atoms with Gasteiger partial charge in [-0.3, -0.25) is 0 Å². The maximum absolute atomic E-state index is 3.58. The van der Waals surface area contributed by atoms with Crippen LogP contribution in [0.25, 0.3) is 0 Å². The highest BCUT2D eigenvalue weighted by atomic mass is 79.9. The number of halogens is 2. The van der Waals surface area contributed by atoms with Crippen LogP contribution in [-0.2, 0) is 12.8 Å². The lowest BCUT2D eigenvalue weighted by Crippen LogP contribution is -1.98. The molecule has 0 saturated heterocycles. The Morgan fingerprint density at radius 1 is 0.944 bits per heavy atom. The predicted molar refractivity (Wildman–Crippen MR) is 83.1 cm³/mol. The van der Waals surface area contributed by atoms with Crippen molar-refractivity contribution in [2.24, 2.45) is 0 Å². The molecule has 0 heterocycles. The first-order chi connectivity index (χ1) is 8.72. The van der Waals surface area contributed by atoms with Crippen LogP contribution in [0.3, 0.4) is 0 Å². The van der Waals surface area contributed by atoms with E-state index in [-0.39, 0.29) is 0 Å². The fourth-order valence-electron chi connectivity index (χ4n) is 2.78. The van der Waals surface area contributed by atoms with Crippen molar-refractivity contribution < 1.29 is 0 Å². The molecule has 0 bridgehead atoms. The Bertz CT molecular complexity index is 558. The average Bonchev–Trinajstić information content (AvgIpc) is 2.75. The Labute approximate surface area is 125 Å². The topological polar surface area (TPSA) is 0 Å². The number of fused-ring (bicyclic) bond motifs is 1. The molecule has 2 aromatic carbocycles. The molecule has 0 spiro atoms. The van der Waals surface area contributed by atoms with Crippen LogP contribution in [0.5, 0.6) is 0 Å². The van der Waals surface area contributed by atoms with Gasteiger partial charge in [-0.25, -0.2) is 0 Å². The molecule has 1 atom stereocenters. The zero-order chi connectivity index (χ0) is 12.5. The van der Waals surface area contributed by atoms with E-state index in [1.54, 1.807) is 0 Å². The van der Waals surface area contributed by atoms with E-state index in [0.29, 0.717) is 5.92 Å². The lowest BCUT2D eigenvalue weighted by Gasteiger charge is -2.12. The van der Waals surface area contributed by atoms with Crippen LogP contribution in [-0.4, -0.2) is 0 Å². The third-order valence-electron chi connectivity index (χ3n) is 3.71. The van der Waals surface area contributed by atoms with Crippen molar-refractivity contribution in [2.45, 2.75) is 25.2 Å². The highest BCUT2D eigenvalue weighted by Gasteiger charge is 2.22. The van der Waals surface area contributed by atoms with Gasteiger partial charge in [0.1, 0.15) is 0 Å². The van der Waals surface area contributed by atoms with E-state index >= 15 is 0 Å². The Hall–Kier alpha value is -0.600. The number of hydrogen-bond donors (Lipinski definition) is 0. The number of aryl methyl sites for hydroxylation is 1. The average molecular weight is 366 g/mol. The Balaban J connectivity index is 1.84. The highest BCUT2D eigenvalue weighted by molar-refractivity contribution is 9.10. The van der Waals surface area contributed by atoms with Gasteiger partial charge < -0.3 is 0 Å². The molecular weight excluding hydrogens is 352 g/mol. The normalized spacial score (nSPS) is 17.8. The monoisotopic (exact) mass is 364 g/mol. The molecule has 18 heavy (non-hydrogen) atoms. The van der Waals surface area contributed by atoms with Gasteiger partial charge in [0.05, 0.1) is 0 Å². The van der Waals surface area contributed by atoms with Crippen LogP contribution in [0, 0.1) is 0 Å². The number of hydrogen-bond acceptors (Lipinski definition) is 0. The van der Waals surface area contributed by atoms with E-state index in [1.807, 2.05) is 0 Å². The van der Waals surface area contributed by atoms with Crippen molar-refractivity contribution in [1.82, 2.24) is 0 Å². The molecule has 0 N–H and O–H groups in total. The molecule has 2 heteroatoms. The molecule has 1 aliphatic rings.